The lowest BCUT2D eigenvalue weighted by Crippen LogP contribution is -2.36. The molecule has 4 aromatic rings. The zero-order valence-corrected chi connectivity index (χ0v) is 22.5. The van der Waals surface area contributed by atoms with Crippen LogP contribution in [0, 0.1) is 13.8 Å². The molecule has 0 fully saturated rings. The summed E-state index contributed by atoms with van der Waals surface area (Å²) in [6, 6.07) is 16.1. The number of aromatic amines is 1. The summed E-state index contributed by atoms with van der Waals surface area (Å²) < 4.78 is 10.9. The average molecular weight is 522 g/mol. The van der Waals surface area contributed by atoms with Crippen molar-refractivity contribution >= 4 is 21.6 Å². The van der Waals surface area contributed by atoms with Crippen molar-refractivity contribution in [1.82, 2.24) is 14.9 Å². The molecule has 196 valence electrons. The molecule has 0 radical (unpaired) electrons. The number of hydrogen-bond donors (Lipinski definition) is 2. The maximum Gasteiger partial charge on any atom is 0.260 e. The largest absolute Gasteiger partial charge is 0.389 e. The van der Waals surface area contributed by atoms with E-state index >= 15 is 0 Å². The van der Waals surface area contributed by atoms with Crippen molar-refractivity contribution in [3.05, 3.63) is 86.8 Å². The Bertz CT molecular complexity index is 1350. The summed E-state index contributed by atoms with van der Waals surface area (Å²) in [4.78, 5) is 23.7. The number of thiophene rings is 1. The molecule has 2 aromatic carbocycles. The number of fused-ring (bicyclic) bond motifs is 1. The number of aryl methyl sites for hydroxylation is 2. The highest BCUT2D eigenvalue weighted by Gasteiger charge is 2.17. The van der Waals surface area contributed by atoms with Crippen LogP contribution in [0.3, 0.4) is 0 Å². The molecule has 0 aliphatic carbocycles. The maximum absolute atomic E-state index is 13.2. The number of nitrogens with zero attached hydrogens (tertiary/aromatic N) is 2. The molecule has 1 unspecified atom stereocenters. The second kappa shape index (κ2) is 13.1. The zero-order valence-electron chi connectivity index (χ0n) is 21.7. The highest BCUT2D eigenvalue weighted by atomic mass is 32.1. The number of hydrogen-bond acceptors (Lipinski definition) is 7. The topological polar surface area (TPSA) is 87.7 Å². The first kappa shape index (κ1) is 27.2. The van der Waals surface area contributed by atoms with Crippen LogP contribution in [0.2, 0.25) is 0 Å². The highest BCUT2D eigenvalue weighted by molar-refractivity contribution is 7.17. The zero-order chi connectivity index (χ0) is 26.2. The van der Waals surface area contributed by atoms with Crippen LogP contribution >= 0.6 is 11.3 Å². The van der Waals surface area contributed by atoms with Crippen molar-refractivity contribution in [3.63, 3.8) is 0 Å². The number of H-pyrrole nitrogens is 1. The minimum absolute atomic E-state index is 0.141. The van der Waals surface area contributed by atoms with E-state index in [1.165, 1.54) is 22.5 Å². The van der Waals surface area contributed by atoms with Crippen LogP contribution in [0.5, 0.6) is 0 Å². The third-order valence-electron chi connectivity index (χ3n) is 6.40. The third-order valence-corrected chi connectivity index (χ3v) is 7.27. The summed E-state index contributed by atoms with van der Waals surface area (Å²) in [6.45, 7) is 6.97. The Kier molecular flexibility index (Phi) is 9.60. The quantitative estimate of drug-likeness (QED) is 0.248. The molecule has 0 amide bonds. The highest BCUT2D eigenvalue weighted by Crippen LogP contribution is 2.31. The predicted molar refractivity (Wildman–Crippen MR) is 149 cm³/mol. The molecule has 8 heteroatoms. The number of ether oxygens (including phenoxy) is 2. The van der Waals surface area contributed by atoms with Gasteiger partial charge in [-0.3, -0.25) is 9.69 Å². The van der Waals surface area contributed by atoms with Crippen LogP contribution in [-0.4, -0.2) is 59.5 Å². The molecule has 0 spiro atoms. The maximum atomic E-state index is 13.2. The fraction of sp³-hybridized carbons (Fsp3) is 0.379. The van der Waals surface area contributed by atoms with Crippen molar-refractivity contribution < 1.29 is 14.6 Å². The molecule has 0 aliphatic heterocycles. The fourth-order valence-corrected chi connectivity index (χ4v) is 5.27. The second-order valence-corrected chi connectivity index (χ2v) is 10.2. The van der Waals surface area contributed by atoms with Gasteiger partial charge in [-0.2, -0.15) is 0 Å². The molecule has 0 saturated carbocycles. The van der Waals surface area contributed by atoms with E-state index in [1.54, 1.807) is 7.11 Å². The van der Waals surface area contributed by atoms with Crippen molar-refractivity contribution in [2.45, 2.75) is 39.5 Å². The van der Waals surface area contributed by atoms with Gasteiger partial charge in [-0.25, -0.2) is 4.98 Å². The Balaban J connectivity index is 1.46. The minimum Gasteiger partial charge on any atom is -0.389 e. The number of aliphatic hydroxyl groups is 1. The van der Waals surface area contributed by atoms with Gasteiger partial charge in [-0.05, 0) is 42.5 Å². The Morgan fingerprint density at radius 2 is 1.95 bits per heavy atom. The summed E-state index contributed by atoms with van der Waals surface area (Å²) in [5, 5.41) is 13.3. The minimum atomic E-state index is -0.667. The van der Waals surface area contributed by atoms with E-state index < -0.39 is 6.10 Å². The Hall–Kier alpha value is -2.88. The molecule has 4 rings (SSSR count). The normalized spacial score (nSPS) is 12.5. The van der Waals surface area contributed by atoms with Crippen LogP contribution in [0.1, 0.15) is 28.9 Å². The molecule has 0 bridgehead atoms. The lowest BCUT2D eigenvalue weighted by molar-refractivity contribution is 0.00700. The van der Waals surface area contributed by atoms with Gasteiger partial charge in [0.1, 0.15) is 10.7 Å². The van der Waals surface area contributed by atoms with E-state index in [0.29, 0.717) is 44.1 Å². The van der Waals surface area contributed by atoms with Crippen LogP contribution in [0.15, 0.2) is 58.7 Å². The Morgan fingerprint density at radius 1 is 1.14 bits per heavy atom. The van der Waals surface area contributed by atoms with Gasteiger partial charge in [-0.15, -0.1) is 11.3 Å². The van der Waals surface area contributed by atoms with Crippen LogP contribution in [0.4, 0.5) is 0 Å². The van der Waals surface area contributed by atoms with E-state index in [1.807, 2.05) is 35.7 Å². The van der Waals surface area contributed by atoms with Gasteiger partial charge < -0.3 is 19.6 Å². The smallest absolute Gasteiger partial charge is 0.260 e. The molecule has 7 nitrogen and oxygen atoms in total. The van der Waals surface area contributed by atoms with E-state index in [9.17, 15) is 9.90 Å². The molecule has 2 aromatic heterocycles. The number of rotatable bonds is 13. The van der Waals surface area contributed by atoms with Crippen molar-refractivity contribution in [2.75, 3.05) is 33.4 Å². The molecular formula is C29H35N3O4S. The number of nitrogens with one attached hydrogen (secondary N) is 1. The first-order valence-corrected chi connectivity index (χ1v) is 13.4. The summed E-state index contributed by atoms with van der Waals surface area (Å²) in [5.74, 6) is 0.584. The number of aromatic nitrogens is 2. The molecule has 2 heterocycles. The molecular weight excluding hydrogens is 486 g/mol. The van der Waals surface area contributed by atoms with Gasteiger partial charge in [0.2, 0.25) is 0 Å². The summed E-state index contributed by atoms with van der Waals surface area (Å²) in [7, 11) is 1.67. The SMILES string of the molecule is COCCCN(Cc1nc2scc(-c3ccc(C)c(C)c3)c2c(=O)[nH]1)CC(O)COCc1ccccc1. The summed E-state index contributed by atoms with van der Waals surface area (Å²) in [5.41, 5.74) is 5.27. The van der Waals surface area contributed by atoms with E-state index in [0.717, 1.165) is 27.9 Å². The van der Waals surface area contributed by atoms with Gasteiger partial charge in [0, 0.05) is 37.7 Å². The monoisotopic (exact) mass is 521 g/mol. The van der Waals surface area contributed by atoms with Gasteiger partial charge in [0.05, 0.1) is 31.2 Å². The van der Waals surface area contributed by atoms with Gasteiger partial charge in [0.15, 0.2) is 0 Å². The van der Waals surface area contributed by atoms with E-state index in [2.05, 4.69) is 41.9 Å². The molecule has 0 saturated heterocycles. The molecule has 2 N–H and O–H groups in total. The first-order valence-electron chi connectivity index (χ1n) is 12.5. The number of methoxy groups -OCH3 is 1. The van der Waals surface area contributed by atoms with Crippen LogP contribution in [-0.2, 0) is 22.6 Å². The standard InChI is InChI=1S/C29H35N3O4S/c1-20-10-11-23(14-21(20)2)25-19-37-29-27(25)28(34)30-26(31-29)16-32(12-7-13-35-3)15-24(33)18-36-17-22-8-5-4-6-9-22/h4-6,8-11,14,19,24,33H,7,12-13,15-18H2,1-3H3,(H,30,31,34). The van der Waals surface area contributed by atoms with Crippen molar-refractivity contribution in [1.29, 1.82) is 0 Å². The van der Waals surface area contributed by atoms with Crippen molar-refractivity contribution in [2.24, 2.45) is 0 Å². The van der Waals surface area contributed by atoms with E-state index in [4.69, 9.17) is 14.5 Å². The van der Waals surface area contributed by atoms with Gasteiger partial charge >= 0.3 is 0 Å². The number of benzene rings is 2. The average Bonchev–Trinajstić information content (AvgIpc) is 3.31. The van der Waals surface area contributed by atoms with Gasteiger partial charge in [0.25, 0.3) is 5.56 Å². The van der Waals surface area contributed by atoms with Crippen LogP contribution < -0.4 is 5.56 Å². The van der Waals surface area contributed by atoms with E-state index in [-0.39, 0.29) is 12.2 Å². The first-order chi connectivity index (χ1) is 17.9. The summed E-state index contributed by atoms with van der Waals surface area (Å²) >= 11 is 1.48. The summed E-state index contributed by atoms with van der Waals surface area (Å²) in [6.07, 6.45) is 0.135. The Morgan fingerprint density at radius 3 is 2.70 bits per heavy atom. The Labute approximate surface area is 221 Å². The molecule has 37 heavy (non-hydrogen) atoms. The lowest BCUT2D eigenvalue weighted by atomic mass is 10.0. The molecule has 0 aliphatic rings. The number of aliphatic hydroxyl groups excluding tert-OH is 1. The second-order valence-electron chi connectivity index (χ2n) is 9.38. The van der Waals surface area contributed by atoms with Crippen LogP contribution in [0.25, 0.3) is 21.3 Å². The fourth-order valence-electron chi connectivity index (χ4n) is 4.31. The third kappa shape index (κ3) is 7.34. The van der Waals surface area contributed by atoms with Crippen molar-refractivity contribution in [3.8, 4) is 11.1 Å². The molecule has 1 atom stereocenters. The lowest BCUT2D eigenvalue weighted by Gasteiger charge is -2.24. The predicted octanol–water partition coefficient (Wildman–Crippen LogP) is 4.68. The van der Waals surface area contributed by atoms with Gasteiger partial charge in [-0.1, -0.05) is 48.5 Å².